The molecule has 4 bridgehead atoms. The molecule has 4 heteroatoms. The number of esters is 2. The first kappa shape index (κ1) is 16.1. The highest BCUT2D eigenvalue weighted by Crippen LogP contribution is 2.57. The van der Waals surface area contributed by atoms with E-state index in [9.17, 15) is 9.59 Å². The summed E-state index contributed by atoms with van der Waals surface area (Å²) in [6.07, 6.45) is 13.0. The maximum Gasteiger partial charge on any atom is 0.309 e. The molecule has 0 aromatic carbocycles. The summed E-state index contributed by atoms with van der Waals surface area (Å²) in [6.45, 7) is 2.00. The first-order chi connectivity index (χ1) is 12.0. The van der Waals surface area contributed by atoms with Crippen LogP contribution < -0.4 is 0 Å². The van der Waals surface area contributed by atoms with E-state index in [0.717, 1.165) is 31.1 Å². The Hall–Kier alpha value is -1.06. The van der Waals surface area contributed by atoms with Crippen molar-refractivity contribution < 1.29 is 19.1 Å². The van der Waals surface area contributed by atoms with Crippen LogP contribution in [0.2, 0.25) is 0 Å². The second-order valence-electron chi connectivity index (χ2n) is 9.79. The first-order valence-corrected chi connectivity index (χ1v) is 10.4. The molecule has 2 heterocycles. The second-order valence-corrected chi connectivity index (χ2v) is 9.79. The number of hydrogen-bond donors (Lipinski definition) is 0. The molecule has 4 saturated carbocycles. The van der Waals surface area contributed by atoms with Gasteiger partial charge in [-0.05, 0) is 81.5 Å². The molecule has 7 atom stereocenters. The van der Waals surface area contributed by atoms with E-state index in [2.05, 4.69) is 0 Å². The Balaban J connectivity index is 0.000000112. The Morgan fingerprint density at radius 1 is 0.840 bits per heavy atom. The van der Waals surface area contributed by atoms with Gasteiger partial charge in [0.05, 0.1) is 5.92 Å². The van der Waals surface area contributed by atoms with Gasteiger partial charge in [0, 0.05) is 12.8 Å². The topological polar surface area (TPSA) is 52.6 Å². The summed E-state index contributed by atoms with van der Waals surface area (Å²) in [4.78, 5) is 22.4. The smallest absolute Gasteiger partial charge is 0.309 e. The van der Waals surface area contributed by atoms with Gasteiger partial charge in [-0.2, -0.15) is 0 Å². The zero-order chi connectivity index (χ0) is 17.2. The Morgan fingerprint density at radius 3 is 1.88 bits per heavy atom. The van der Waals surface area contributed by atoms with Crippen molar-refractivity contribution in [3.05, 3.63) is 0 Å². The normalized spacial score (nSPS) is 52.0. The van der Waals surface area contributed by atoms with Crippen LogP contribution in [0.25, 0.3) is 0 Å². The van der Waals surface area contributed by atoms with Crippen molar-refractivity contribution in [3.8, 4) is 0 Å². The lowest BCUT2D eigenvalue weighted by atomic mass is 9.80. The predicted molar refractivity (Wildman–Crippen MR) is 91.6 cm³/mol. The maximum atomic E-state index is 11.4. The van der Waals surface area contributed by atoms with Crippen molar-refractivity contribution in [2.75, 3.05) is 0 Å². The van der Waals surface area contributed by atoms with E-state index < -0.39 is 0 Å². The molecule has 6 aliphatic rings. The summed E-state index contributed by atoms with van der Waals surface area (Å²) >= 11 is 0. The number of ether oxygens (including phenoxy) is 2. The third-order valence-corrected chi connectivity index (χ3v) is 8.27. The molecule has 2 spiro atoms. The molecule has 4 nitrogen and oxygen atoms in total. The lowest BCUT2D eigenvalue weighted by Crippen LogP contribution is -2.34. The fraction of sp³-hybridized carbons (Fsp3) is 0.905. The van der Waals surface area contributed by atoms with Gasteiger partial charge in [-0.1, -0.05) is 6.92 Å². The van der Waals surface area contributed by atoms with E-state index in [1.807, 2.05) is 6.92 Å². The standard InChI is InChI=1S/C11H16O2.C10H14O2/c1-7-5-11(13-10(7)12)6-8-2-3-9(11)4-8;11-9-3-4-10(12-9)6-7-1-2-8(10)5-7/h7-9H,2-6H2,1H3;7-8H,1-6H2. The zero-order valence-corrected chi connectivity index (χ0v) is 15.3. The van der Waals surface area contributed by atoms with Crippen LogP contribution in [0.5, 0.6) is 0 Å². The highest BCUT2D eigenvalue weighted by atomic mass is 16.6. The largest absolute Gasteiger partial charge is 0.459 e. The number of hydrogen-bond acceptors (Lipinski definition) is 4. The van der Waals surface area contributed by atoms with E-state index in [-0.39, 0.29) is 29.1 Å². The van der Waals surface area contributed by atoms with Crippen molar-refractivity contribution in [2.24, 2.45) is 29.6 Å². The highest BCUT2D eigenvalue weighted by Gasteiger charge is 2.58. The summed E-state index contributed by atoms with van der Waals surface area (Å²) in [6, 6.07) is 0. The minimum atomic E-state index is -0.000579. The monoisotopic (exact) mass is 346 g/mol. The number of rotatable bonds is 0. The molecule has 2 saturated heterocycles. The zero-order valence-electron chi connectivity index (χ0n) is 15.3. The Morgan fingerprint density at radius 2 is 1.48 bits per heavy atom. The predicted octanol–water partition coefficient (Wildman–Crippen LogP) is 4.01. The molecular formula is C21H30O4. The van der Waals surface area contributed by atoms with E-state index >= 15 is 0 Å². The van der Waals surface area contributed by atoms with Gasteiger partial charge in [0.25, 0.3) is 0 Å². The molecule has 6 rings (SSSR count). The number of carbonyl (C=O) groups excluding carboxylic acids is 2. The molecule has 0 N–H and O–H groups in total. The van der Waals surface area contributed by atoms with Gasteiger partial charge in [-0.15, -0.1) is 0 Å². The molecule has 0 aromatic rings. The van der Waals surface area contributed by atoms with Gasteiger partial charge in [0.2, 0.25) is 0 Å². The fourth-order valence-corrected chi connectivity index (χ4v) is 7.18. The van der Waals surface area contributed by atoms with Crippen molar-refractivity contribution in [3.63, 3.8) is 0 Å². The molecule has 0 radical (unpaired) electrons. The molecule has 0 aromatic heterocycles. The third kappa shape index (κ3) is 2.46. The van der Waals surface area contributed by atoms with E-state index in [1.165, 1.54) is 44.9 Å². The minimum Gasteiger partial charge on any atom is -0.459 e. The van der Waals surface area contributed by atoms with Crippen LogP contribution in [-0.2, 0) is 19.1 Å². The van der Waals surface area contributed by atoms with Gasteiger partial charge in [0.15, 0.2) is 0 Å². The van der Waals surface area contributed by atoms with Gasteiger partial charge in [0.1, 0.15) is 11.2 Å². The molecule has 138 valence electrons. The van der Waals surface area contributed by atoms with Crippen molar-refractivity contribution in [2.45, 2.75) is 88.8 Å². The lowest BCUT2D eigenvalue weighted by Gasteiger charge is -2.31. The van der Waals surface area contributed by atoms with Crippen LogP contribution in [-0.4, -0.2) is 23.1 Å². The summed E-state index contributed by atoms with van der Waals surface area (Å²) in [5.74, 6) is 3.40. The van der Waals surface area contributed by atoms with Crippen molar-refractivity contribution >= 4 is 11.9 Å². The summed E-state index contributed by atoms with van der Waals surface area (Å²) in [5.41, 5.74) is 0.0272. The second kappa shape index (κ2) is 5.47. The van der Waals surface area contributed by atoms with Crippen LogP contribution in [0.3, 0.4) is 0 Å². The van der Waals surface area contributed by atoms with E-state index in [4.69, 9.17) is 9.47 Å². The van der Waals surface area contributed by atoms with Gasteiger partial charge in [-0.25, -0.2) is 0 Å². The Kier molecular flexibility index (Phi) is 3.53. The minimum absolute atomic E-state index is 0.000579. The van der Waals surface area contributed by atoms with Crippen molar-refractivity contribution in [1.82, 2.24) is 0 Å². The van der Waals surface area contributed by atoms with Crippen LogP contribution in [0, 0.1) is 29.6 Å². The summed E-state index contributed by atoms with van der Waals surface area (Å²) < 4.78 is 11.1. The molecule has 2 aliphatic heterocycles. The average Bonchev–Trinajstić information content (AvgIpc) is 3.36. The third-order valence-electron chi connectivity index (χ3n) is 8.27. The molecule has 6 fully saturated rings. The fourth-order valence-electron chi connectivity index (χ4n) is 7.18. The van der Waals surface area contributed by atoms with Crippen LogP contribution in [0.4, 0.5) is 0 Å². The van der Waals surface area contributed by atoms with Crippen LogP contribution in [0.15, 0.2) is 0 Å². The van der Waals surface area contributed by atoms with E-state index in [0.29, 0.717) is 18.3 Å². The number of fused-ring (bicyclic) bond motifs is 6. The summed E-state index contributed by atoms with van der Waals surface area (Å²) in [5, 5.41) is 0. The van der Waals surface area contributed by atoms with Gasteiger partial charge in [-0.3, -0.25) is 9.59 Å². The first-order valence-electron chi connectivity index (χ1n) is 10.4. The summed E-state index contributed by atoms with van der Waals surface area (Å²) in [7, 11) is 0. The Bertz CT molecular complexity index is 601. The Labute approximate surface area is 150 Å². The quantitative estimate of drug-likeness (QED) is 0.622. The lowest BCUT2D eigenvalue weighted by molar-refractivity contribution is -0.154. The molecule has 0 amide bonds. The maximum absolute atomic E-state index is 11.4. The van der Waals surface area contributed by atoms with E-state index in [1.54, 1.807) is 0 Å². The SMILES string of the molecule is CC1CC2(CC3CCC2C3)OC1=O.O=C1CCC2(CC3CCC2C3)O1. The molecule has 25 heavy (non-hydrogen) atoms. The van der Waals surface area contributed by atoms with Gasteiger partial charge >= 0.3 is 11.9 Å². The van der Waals surface area contributed by atoms with Crippen LogP contribution >= 0.6 is 0 Å². The molecule has 4 aliphatic carbocycles. The molecule has 7 unspecified atom stereocenters. The van der Waals surface area contributed by atoms with Crippen LogP contribution in [0.1, 0.15) is 77.6 Å². The highest BCUT2D eigenvalue weighted by molar-refractivity contribution is 5.75. The van der Waals surface area contributed by atoms with Gasteiger partial charge < -0.3 is 9.47 Å². The number of carbonyl (C=O) groups is 2. The molecular weight excluding hydrogens is 316 g/mol. The average molecular weight is 346 g/mol. The van der Waals surface area contributed by atoms with Crippen molar-refractivity contribution in [1.29, 1.82) is 0 Å².